The summed E-state index contributed by atoms with van der Waals surface area (Å²) in [6.07, 6.45) is 0.987. The topological polar surface area (TPSA) is 9.23 Å². The van der Waals surface area contributed by atoms with Gasteiger partial charge in [0.15, 0.2) is 5.75 Å². The molecule has 0 aromatic heterocycles. The summed E-state index contributed by atoms with van der Waals surface area (Å²) in [6.45, 7) is 2.12. The highest BCUT2D eigenvalue weighted by molar-refractivity contribution is 9.10. The number of halogens is 2. The van der Waals surface area contributed by atoms with Crippen LogP contribution in [0.3, 0.4) is 0 Å². The Bertz CT molecular complexity index is 505. The largest absolute Gasteiger partial charge is 0.455 e. The molecule has 2 aromatic carbocycles. The third-order valence-electron chi connectivity index (χ3n) is 2.45. The lowest BCUT2D eigenvalue weighted by Gasteiger charge is -2.10. The van der Waals surface area contributed by atoms with E-state index in [-0.39, 0.29) is 0 Å². The highest BCUT2D eigenvalue weighted by atomic mass is 79.9. The molecule has 0 unspecified atom stereocenters. The Morgan fingerprint density at radius 2 is 1.94 bits per heavy atom. The third kappa shape index (κ3) is 3.02. The van der Waals surface area contributed by atoms with E-state index in [1.54, 1.807) is 0 Å². The molecule has 0 heterocycles. The zero-order valence-electron chi connectivity index (χ0n) is 9.41. The van der Waals surface area contributed by atoms with E-state index in [1.807, 2.05) is 36.4 Å². The van der Waals surface area contributed by atoms with Gasteiger partial charge in [0.2, 0.25) is 0 Å². The van der Waals surface area contributed by atoms with Crippen molar-refractivity contribution in [3.63, 3.8) is 0 Å². The fraction of sp³-hybridized carbons (Fsp3) is 0.143. The summed E-state index contributed by atoms with van der Waals surface area (Å²) in [5.41, 5.74) is 1.24. The molecule has 0 atom stereocenters. The second-order valence-electron chi connectivity index (χ2n) is 3.65. The van der Waals surface area contributed by atoms with Crippen LogP contribution in [0.25, 0.3) is 0 Å². The molecule has 0 bridgehead atoms. The monoisotopic (exact) mass is 310 g/mol. The molecule has 1 nitrogen and oxygen atoms in total. The van der Waals surface area contributed by atoms with Gasteiger partial charge in [-0.2, -0.15) is 0 Å². The molecule has 0 saturated carbocycles. The third-order valence-corrected chi connectivity index (χ3v) is 3.37. The number of ether oxygens (including phenoxy) is 1. The summed E-state index contributed by atoms with van der Waals surface area (Å²) >= 11 is 9.53. The van der Waals surface area contributed by atoms with Gasteiger partial charge in [-0.05, 0) is 52.2 Å². The van der Waals surface area contributed by atoms with E-state index in [4.69, 9.17) is 16.3 Å². The molecule has 88 valence electrons. The quantitative estimate of drug-likeness (QED) is 0.731. The number of aryl methyl sites for hydroxylation is 1. The van der Waals surface area contributed by atoms with E-state index in [0.29, 0.717) is 10.8 Å². The standard InChI is InChI=1S/C14H12BrClO/c1-2-10-5-3-6-11(9-10)17-14-12(15)7-4-8-13(14)16/h3-9H,2H2,1H3. The lowest BCUT2D eigenvalue weighted by atomic mass is 10.2. The van der Waals surface area contributed by atoms with E-state index in [1.165, 1.54) is 5.56 Å². The van der Waals surface area contributed by atoms with Gasteiger partial charge in [0.25, 0.3) is 0 Å². The molecule has 17 heavy (non-hydrogen) atoms. The van der Waals surface area contributed by atoms with Crippen molar-refractivity contribution in [3.05, 3.63) is 57.5 Å². The molecule has 0 saturated heterocycles. The number of rotatable bonds is 3. The Hall–Kier alpha value is -0.990. The first-order valence-electron chi connectivity index (χ1n) is 5.41. The van der Waals surface area contributed by atoms with E-state index >= 15 is 0 Å². The van der Waals surface area contributed by atoms with E-state index < -0.39 is 0 Å². The number of hydrogen-bond donors (Lipinski definition) is 0. The second kappa shape index (κ2) is 5.56. The second-order valence-corrected chi connectivity index (χ2v) is 4.92. The molecule has 0 amide bonds. The molecule has 0 spiro atoms. The minimum atomic E-state index is 0.598. The molecular formula is C14H12BrClO. The van der Waals surface area contributed by atoms with Crippen LogP contribution in [0.2, 0.25) is 5.02 Å². The molecular weight excluding hydrogens is 300 g/mol. The van der Waals surface area contributed by atoms with Gasteiger partial charge in [-0.3, -0.25) is 0 Å². The summed E-state index contributed by atoms with van der Waals surface area (Å²) in [5.74, 6) is 1.46. The number of benzene rings is 2. The van der Waals surface area contributed by atoms with Crippen LogP contribution in [0, 0.1) is 0 Å². The van der Waals surface area contributed by atoms with Gasteiger partial charge >= 0.3 is 0 Å². The Kier molecular flexibility index (Phi) is 4.08. The average Bonchev–Trinajstić information content (AvgIpc) is 2.34. The van der Waals surface area contributed by atoms with E-state index in [9.17, 15) is 0 Å². The normalized spacial score (nSPS) is 10.3. The maximum absolute atomic E-state index is 6.10. The van der Waals surface area contributed by atoms with Gasteiger partial charge in [0, 0.05) is 0 Å². The molecule has 3 heteroatoms. The Labute approximate surface area is 115 Å². The Morgan fingerprint density at radius 3 is 2.65 bits per heavy atom. The number of para-hydroxylation sites is 1. The molecule has 0 fully saturated rings. The van der Waals surface area contributed by atoms with Gasteiger partial charge in [0.05, 0.1) is 9.50 Å². The number of hydrogen-bond acceptors (Lipinski definition) is 1. The molecule has 0 N–H and O–H groups in total. The zero-order valence-corrected chi connectivity index (χ0v) is 11.8. The molecule has 0 aliphatic carbocycles. The minimum absolute atomic E-state index is 0.598. The van der Waals surface area contributed by atoms with Crippen molar-refractivity contribution in [1.82, 2.24) is 0 Å². The molecule has 0 radical (unpaired) electrons. The first-order chi connectivity index (χ1) is 8.20. The van der Waals surface area contributed by atoms with Crippen LogP contribution in [0.4, 0.5) is 0 Å². The predicted octanol–water partition coefficient (Wildman–Crippen LogP) is 5.46. The van der Waals surface area contributed by atoms with Gasteiger partial charge in [-0.1, -0.05) is 36.7 Å². The summed E-state index contributed by atoms with van der Waals surface area (Å²) in [4.78, 5) is 0. The van der Waals surface area contributed by atoms with Crippen molar-refractivity contribution < 1.29 is 4.74 Å². The first kappa shape index (κ1) is 12.5. The van der Waals surface area contributed by atoms with Crippen molar-refractivity contribution in [2.24, 2.45) is 0 Å². The maximum Gasteiger partial charge on any atom is 0.160 e. The zero-order chi connectivity index (χ0) is 12.3. The molecule has 2 aromatic rings. The fourth-order valence-electron chi connectivity index (χ4n) is 1.53. The first-order valence-corrected chi connectivity index (χ1v) is 6.58. The maximum atomic E-state index is 6.10. The smallest absolute Gasteiger partial charge is 0.160 e. The van der Waals surface area contributed by atoms with Crippen LogP contribution in [0.15, 0.2) is 46.9 Å². The molecule has 2 rings (SSSR count). The highest BCUT2D eigenvalue weighted by Crippen LogP contribution is 2.36. The lowest BCUT2D eigenvalue weighted by Crippen LogP contribution is -1.88. The molecule has 0 aliphatic heterocycles. The van der Waals surface area contributed by atoms with E-state index in [2.05, 4.69) is 28.9 Å². The predicted molar refractivity (Wildman–Crippen MR) is 75.0 cm³/mol. The van der Waals surface area contributed by atoms with Crippen LogP contribution in [-0.2, 0) is 6.42 Å². The summed E-state index contributed by atoms with van der Waals surface area (Å²) in [7, 11) is 0. The Balaban J connectivity index is 2.31. The summed E-state index contributed by atoms with van der Waals surface area (Å²) in [5, 5.41) is 0.598. The van der Waals surface area contributed by atoms with Gasteiger partial charge in [0.1, 0.15) is 5.75 Å². The minimum Gasteiger partial charge on any atom is -0.455 e. The lowest BCUT2D eigenvalue weighted by molar-refractivity contribution is 0.479. The highest BCUT2D eigenvalue weighted by Gasteiger charge is 2.07. The van der Waals surface area contributed by atoms with Crippen LogP contribution < -0.4 is 4.74 Å². The van der Waals surface area contributed by atoms with Crippen molar-refractivity contribution in [3.8, 4) is 11.5 Å². The van der Waals surface area contributed by atoms with Crippen molar-refractivity contribution in [2.45, 2.75) is 13.3 Å². The summed E-state index contributed by atoms with van der Waals surface area (Å²) in [6, 6.07) is 13.6. The molecule has 0 aliphatic rings. The fourth-order valence-corrected chi connectivity index (χ4v) is 2.30. The average molecular weight is 312 g/mol. The SMILES string of the molecule is CCc1cccc(Oc2c(Cl)cccc2Br)c1. The van der Waals surface area contributed by atoms with Crippen LogP contribution >= 0.6 is 27.5 Å². The summed E-state index contributed by atoms with van der Waals surface area (Å²) < 4.78 is 6.66. The van der Waals surface area contributed by atoms with Gasteiger partial charge < -0.3 is 4.74 Å². The Morgan fingerprint density at radius 1 is 1.18 bits per heavy atom. The van der Waals surface area contributed by atoms with Crippen molar-refractivity contribution >= 4 is 27.5 Å². The van der Waals surface area contributed by atoms with Crippen LogP contribution in [-0.4, -0.2) is 0 Å². The van der Waals surface area contributed by atoms with E-state index in [0.717, 1.165) is 16.6 Å². The van der Waals surface area contributed by atoms with Crippen LogP contribution in [0.1, 0.15) is 12.5 Å². The van der Waals surface area contributed by atoms with Crippen molar-refractivity contribution in [1.29, 1.82) is 0 Å². The van der Waals surface area contributed by atoms with Crippen molar-refractivity contribution in [2.75, 3.05) is 0 Å². The van der Waals surface area contributed by atoms with Gasteiger partial charge in [-0.25, -0.2) is 0 Å². The van der Waals surface area contributed by atoms with Gasteiger partial charge in [-0.15, -0.1) is 0 Å². The van der Waals surface area contributed by atoms with Crippen LogP contribution in [0.5, 0.6) is 11.5 Å².